The molecule has 0 fully saturated rings. The minimum atomic E-state index is -0.490. The van der Waals surface area contributed by atoms with Gasteiger partial charge >= 0.3 is 5.97 Å². The molecule has 1 heterocycles. The summed E-state index contributed by atoms with van der Waals surface area (Å²) in [7, 11) is 0. The molecule has 0 bridgehead atoms. The fourth-order valence-electron chi connectivity index (χ4n) is 3.68. The highest BCUT2D eigenvalue weighted by molar-refractivity contribution is 6.33. The lowest BCUT2D eigenvalue weighted by atomic mass is 10.0. The molecule has 0 atom stereocenters. The van der Waals surface area contributed by atoms with E-state index in [2.05, 4.69) is 23.4 Å². The highest BCUT2D eigenvalue weighted by atomic mass is 35.5. The fourth-order valence-corrected chi connectivity index (χ4v) is 3.92. The summed E-state index contributed by atoms with van der Waals surface area (Å²) in [6.45, 7) is 0.401. The Morgan fingerprint density at radius 3 is 2.53 bits per heavy atom. The molecular weight excluding hydrogens is 422 g/mol. The van der Waals surface area contributed by atoms with Gasteiger partial charge in [0.2, 0.25) is 0 Å². The Labute approximate surface area is 190 Å². The molecule has 32 heavy (non-hydrogen) atoms. The Balaban J connectivity index is 1.37. The molecule has 0 saturated heterocycles. The first kappa shape index (κ1) is 20.0. The van der Waals surface area contributed by atoms with Crippen molar-refractivity contribution in [2.75, 3.05) is 0 Å². The highest BCUT2D eigenvalue weighted by Crippen LogP contribution is 2.29. The van der Waals surface area contributed by atoms with E-state index in [-0.39, 0.29) is 0 Å². The van der Waals surface area contributed by atoms with Gasteiger partial charge in [-0.3, -0.25) is 0 Å². The lowest BCUT2D eigenvalue weighted by Crippen LogP contribution is -2.06. The van der Waals surface area contributed by atoms with Gasteiger partial charge in [0.25, 0.3) is 0 Å². The number of nitrogens with zero attached hydrogens (tertiary/aromatic N) is 1. The van der Waals surface area contributed by atoms with Gasteiger partial charge in [0.05, 0.1) is 10.6 Å². The van der Waals surface area contributed by atoms with Gasteiger partial charge in [-0.25, -0.2) is 4.79 Å². The van der Waals surface area contributed by atoms with E-state index in [1.54, 1.807) is 18.2 Å². The Morgan fingerprint density at radius 2 is 1.69 bits per heavy atom. The van der Waals surface area contributed by atoms with E-state index in [4.69, 9.17) is 21.2 Å². The SMILES string of the molecule is O=C1ON=C(c2ccccc2)/C1=C/c1ccc(OCc2cccc3ccccc23)c(Cl)c1. The first-order valence-corrected chi connectivity index (χ1v) is 10.5. The van der Waals surface area contributed by atoms with Gasteiger partial charge in [-0.2, -0.15) is 0 Å². The zero-order valence-corrected chi connectivity index (χ0v) is 17.8. The molecule has 1 aliphatic heterocycles. The number of ether oxygens (including phenoxy) is 1. The molecule has 0 radical (unpaired) electrons. The summed E-state index contributed by atoms with van der Waals surface area (Å²) in [5, 5.41) is 6.72. The predicted octanol–water partition coefficient (Wildman–Crippen LogP) is 6.42. The summed E-state index contributed by atoms with van der Waals surface area (Å²) in [5.74, 6) is 0.0870. The van der Waals surface area contributed by atoms with Crippen LogP contribution in [0.4, 0.5) is 0 Å². The number of benzene rings is 4. The van der Waals surface area contributed by atoms with Crippen molar-refractivity contribution in [3.63, 3.8) is 0 Å². The maximum absolute atomic E-state index is 12.2. The minimum Gasteiger partial charge on any atom is -0.487 e. The predicted molar refractivity (Wildman–Crippen MR) is 127 cm³/mol. The highest BCUT2D eigenvalue weighted by Gasteiger charge is 2.26. The van der Waals surface area contributed by atoms with Crippen molar-refractivity contribution in [1.29, 1.82) is 0 Å². The van der Waals surface area contributed by atoms with Gasteiger partial charge in [0.15, 0.2) is 0 Å². The number of hydrogen-bond acceptors (Lipinski definition) is 4. The molecule has 0 spiro atoms. The molecule has 5 heteroatoms. The molecule has 4 aromatic rings. The van der Waals surface area contributed by atoms with Crippen LogP contribution in [0.1, 0.15) is 16.7 Å². The topological polar surface area (TPSA) is 47.9 Å². The molecule has 0 aliphatic carbocycles. The zero-order valence-electron chi connectivity index (χ0n) is 17.0. The van der Waals surface area contributed by atoms with Gasteiger partial charge in [0.1, 0.15) is 18.1 Å². The molecule has 156 valence electrons. The average molecular weight is 440 g/mol. The first-order valence-electron chi connectivity index (χ1n) is 10.1. The number of hydrogen-bond donors (Lipinski definition) is 0. The van der Waals surface area contributed by atoms with Gasteiger partial charge in [-0.05, 0) is 40.1 Å². The van der Waals surface area contributed by atoms with Crippen molar-refractivity contribution >= 4 is 40.1 Å². The number of oxime groups is 1. The average Bonchev–Trinajstić information content (AvgIpc) is 3.19. The molecule has 1 aliphatic rings. The number of carbonyl (C=O) groups is 1. The van der Waals surface area contributed by atoms with Crippen LogP contribution < -0.4 is 4.74 Å². The van der Waals surface area contributed by atoms with E-state index >= 15 is 0 Å². The summed E-state index contributed by atoms with van der Waals surface area (Å²) in [4.78, 5) is 17.1. The molecule has 0 aromatic heterocycles. The minimum absolute atomic E-state index is 0.386. The molecule has 0 amide bonds. The largest absolute Gasteiger partial charge is 0.487 e. The van der Waals surface area contributed by atoms with E-state index < -0.39 is 5.97 Å². The van der Waals surface area contributed by atoms with Crippen molar-refractivity contribution in [1.82, 2.24) is 0 Å². The van der Waals surface area contributed by atoms with Crippen molar-refractivity contribution in [3.05, 3.63) is 118 Å². The van der Waals surface area contributed by atoms with Crippen molar-refractivity contribution in [2.45, 2.75) is 6.61 Å². The second-order valence-corrected chi connectivity index (χ2v) is 7.77. The fraction of sp³-hybridized carbons (Fsp3) is 0.0370. The normalized spacial score (nSPS) is 14.5. The van der Waals surface area contributed by atoms with Crippen LogP contribution in [-0.2, 0) is 16.2 Å². The summed E-state index contributed by atoms with van der Waals surface area (Å²) < 4.78 is 6.00. The molecule has 5 rings (SSSR count). The Hall–Kier alpha value is -3.89. The van der Waals surface area contributed by atoms with E-state index in [0.717, 1.165) is 22.1 Å². The molecule has 0 unspecified atom stereocenters. The third kappa shape index (κ3) is 4.01. The monoisotopic (exact) mass is 439 g/mol. The van der Waals surface area contributed by atoms with Crippen molar-refractivity contribution in [2.24, 2.45) is 5.16 Å². The Kier molecular flexibility index (Phi) is 5.44. The standard InChI is InChI=1S/C27H18ClNO3/c28-24-16-18(15-23-26(29-32-27(23)30)20-8-2-1-3-9-20)13-14-25(24)31-17-21-11-6-10-19-7-4-5-12-22(19)21/h1-16H,17H2/b23-15-. The summed E-state index contributed by atoms with van der Waals surface area (Å²) in [6.07, 6.45) is 1.72. The van der Waals surface area contributed by atoms with Crippen LogP contribution in [0.15, 0.2) is 102 Å². The third-order valence-electron chi connectivity index (χ3n) is 5.27. The van der Waals surface area contributed by atoms with Crippen LogP contribution in [0.5, 0.6) is 5.75 Å². The van der Waals surface area contributed by atoms with Gasteiger partial charge in [-0.1, -0.05) is 95.6 Å². The van der Waals surface area contributed by atoms with E-state index in [1.165, 1.54) is 5.39 Å². The van der Waals surface area contributed by atoms with Crippen LogP contribution >= 0.6 is 11.6 Å². The quantitative estimate of drug-likeness (QED) is 0.266. The number of rotatable bonds is 5. The smallest absolute Gasteiger partial charge is 0.368 e. The molecule has 4 nitrogen and oxygen atoms in total. The third-order valence-corrected chi connectivity index (χ3v) is 5.57. The summed E-state index contributed by atoms with van der Waals surface area (Å²) >= 11 is 6.49. The van der Waals surface area contributed by atoms with Crippen LogP contribution in [0, 0.1) is 0 Å². The zero-order chi connectivity index (χ0) is 21.9. The maximum atomic E-state index is 12.2. The van der Waals surface area contributed by atoms with Gasteiger partial charge in [-0.15, -0.1) is 0 Å². The Bertz CT molecular complexity index is 1370. The van der Waals surface area contributed by atoms with Crippen molar-refractivity contribution < 1.29 is 14.4 Å². The van der Waals surface area contributed by atoms with E-state index in [9.17, 15) is 4.79 Å². The van der Waals surface area contributed by atoms with Crippen LogP contribution in [0.3, 0.4) is 0 Å². The van der Waals surface area contributed by atoms with Crippen molar-refractivity contribution in [3.8, 4) is 5.75 Å². The van der Waals surface area contributed by atoms with E-state index in [0.29, 0.717) is 28.7 Å². The molecular formula is C27H18ClNO3. The van der Waals surface area contributed by atoms with Crippen LogP contribution in [-0.4, -0.2) is 11.7 Å². The molecule has 0 N–H and O–H groups in total. The Morgan fingerprint density at radius 1 is 0.906 bits per heavy atom. The van der Waals surface area contributed by atoms with Gasteiger partial charge < -0.3 is 9.57 Å². The number of fused-ring (bicyclic) bond motifs is 1. The summed E-state index contributed by atoms with van der Waals surface area (Å²) in [5.41, 5.74) is 3.54. The lowest BCUT2D eigenvalue weighted by Gasteiger charge is -2.11. The molecule has 4 aromatic carbocycles. The second kappa shape index (κ2) is 8.69. The van der Waals surface area contributed by atoms with Crippen LogP contribution in [0.2, 0.25) is 5.02 Å². The number of carbonyl (C=O) groups excluding carboxylic acids is 1. The lowest BCUT2D eigenvalue weighted by molar-refractivity contribution is -0.136. The van der Waals surface area contributed by atoms with Crippen LogP contribution in [0.25, 0.3) is 16.8 Å². The maximum Gasteiger partial charge on any atom is 0.368 e. The summed E-state index contributed by atoms with van der Waals surface area (Å²) in [6, 6.07) is 29.2. The first-order chi connectivity index (χ1) is 15.7. The number of halogens is 1. The van der Waals surface area contributed by atoms with E-state index in [1.807, 2.05) is 60.7 Å². The molecule has 0 saturated carbocycles. The second-order valence-electron chi connectivity index (χ2n) is 7.36. The van der Waals surface area contributed by atoms with Gasteiger partial charge in [0, 0.05) is 5.56 Å².